The smallest absolute Gasteiger partial charge is 0.0270 e. The zero-order chi connectivity index (χ0) is 14.4. The highest BCUT2D eigenvalue weighted by molar-refractivity contribution is 5.19. The first-order chi connectivity index (χ1) is 10.3. The summed E-state index contributed by atoms with van der Waals surface area (Å²) >= 11 is 0. The normalized spacial score (nSPS) is 40.2. The number of nitrogens with one attached hydrogen (secondary N) is 1. The molecule has 0 saturated heterocycles. The number of aromatic nitrogens is 1. The summed E-state index contributed by atoms with van der Waals surface area (Å²) in [5.41, 5.74) is 1.44. The number of rotatable bonds is 4. The summed E-state index contributed by atoms with van der Waals surface area (Å²) in [5.74, 6) is 5.59. The molecule has 1 aromatic rings. The van der Waals surface area contributed by atoms with Gasteiger partial charge in [-0.15, -0.1) is 0 Å². The number of likely N-dealkylation sites (N-methyl/N-ethyl adjacent to an activating group) is 1. The van der Waals surface area contributed by atoms with Crippen molar-refractivity contribution in [2.75, 3.05) is 7.05 Å². The Kier molecular flexibility index (Phi) is 3.53. The van der Waals surface area contributed by atoms with Crippen LogP contribution in [0, 0.1) is 29.6 Å². The van der Waals surface area contributed by atoms with Crippen LogP contribution in [-0.4, -0.2) is 18.1 Å². The van der Waals surface area contributed by atoms with Gasteiger partial charge in [0.25, 0.3) is 0 Å². The van der Waals surface area contributed by atoms with Gasteiger partial charge in [-0.3, -0.25) is 4.98 Å². The monoisotopic (exact) mass is 284 g/mol. The van der Waals surface area contributed by atoms with Gasteiger partial charge in [0, 0.05) is 18.4 Å². The second-order valence-corrected chi connectivity index (χ2v) is 7.89. The minimum absolute atomic E-state index is 0.584. The van der Waals surface area contributed by atoms with E-state index in [1.54, 1.807) is 6.42 Å². The molecule has 1 aromatic heterocycles. The molecule has 4 bridgehead atoms. The summed E-state index contributed by atoms with van der Waals surface area (Å²) in [6.07, 6.45) is 11.5. The second-order valence-electron chi connectivity index (χ2n) is 7.89. The first-order valence-corrected chi connectivity index (χ1v) is 8.83. The SMILES string of the molecule is CNC(C(C)c1ccncc1)C1C2CC3CC(C2)CC1C3. The molecule has 4 fully saturated rings. The predicted octanol–water partition coefficient (Wildman–Crippen LogP) is 3.85. The summed E-state index contributed by atoms with van der Waals surface area (Å²) in [5, 5.41) is 3.71. The van der Waals surface area contributed by atoms with Crippen molar-refractivity contribution in [2.45, 2.75) is 51.0 Å². The van der Waals surface area contributed by atoms with E-state index in [0.29, 0.717) is 12.0 Å². The third kappa shape index (κ3) is 2.32. The predicted molar refractivity (Wildman–Crippen MR) is 86.0 cm³/mol. The Morgan fingerprint density at radius 2 is 1.57 bits per heavy atom. The fourth-order valence-electron chi connectivity index (χ4n) is 6.20. The average Bonchev–Trinajstić information content (AvgIpc) is 2.50. The highest BCUT2D eigenvalue weighted by Gasteiger charge is 2.51. The lowest BCUT2D eigenvalue weighted by atomic mass is 9.49. The maximum absolute atomic E-state index is 4.18. The molecule has 0 amide bonds. The molecule has 5 rings (SSSR count). The van der Waals surface area contributed by atoms with Crippen molar-refractivity contribution in [3.05, 3.63) is 30.1 Å². The zero-order valence-electron chi connectivity index (χ0n) is 13.3. The van der Waals surface area contributed by atoms with Crippen molar-refractivity contribution in [1.29, 1.82) is 0 Å². The zero-order valence-corrected chi connectivity index (χ0v) is 13.3. The Hall–Kier alpha value is -0.890. The molecular weight excluding hydrogens is 256 g/mol. The minimum atomic E-state index is 0.584. The maximum Gasteiger partial charge on any atom is 0.0270 e. The van der Waals surface area contributed by atoms with Crippen molar-refractivity contribution < 1.29 is 0 Å². The van der Waals surface area contributed by atoms with E-state index < -0.39 is 0 Å². The van der Waals surface area contributed by atoms with Crippen molar-refractivity contribution in [2.24, 2.45) is 29.6 Å². The van der Waals surface area contributed by atoms with Gasteiger partial charge in [0.1, 0.15) is 0 Å². The molecule has 0 spiro atoms. The number of hydrogen-bond donors (Lipinski definition) is 1. The van der Waals surface area contributed by atoms with E-state index in [4.69, 9.17) is 0 Å². The molecule has 4 aliphatic carbocycles. The summed E-state index contributed by atoms with van der Waals surface area (Å²) in [7, 11) is 2.17. The fourth-order valence-corrected chi connectivity index (χ4v) is 6.20. The molecule has 0 radical (unpaired) electrons. The third-order valence-electron chi connectivity index (χ3n) is 6.82. The van der Waals surface area contributed by atoms with Crippen LogP contribution in [0.25, 0.3) is 0 Å². The Morgan fingerprint density at radius 1 is 1.00 bits per heavy atom. The van der Waals surface area contributed by atoms with E-state index in [9.17, 15) is 0 Å². The van der Waals surface area contributed by atoms with Gasteiger partial charge in [0.2, 0.25) is 0 Å². The van der Waals surface area contributed by atoms with E-state index in [2.05, 4.69) is 36.4 Å². The minimum Gasteiger partial charge on any atom is -0.316 e. The molecular formula is C19H28N2. The Labute approximate surface area is 128 Å². The topological polar surface area (TPSA) is 24.9 Å². The van der Waals surface area contributed by atoms with Crippen LogP contribution in [0.3, 0.4) is 0 Å². The van der Waals surface area contributed by atoms with E-state index in [1.165, 1.54) is 31.2 Å². The lowest BCUT2D eigenvalue weighted by Gasteiger charge is -2.57. The molecule has 2 unspecified atom stereocenters. The Balaban J connectivity index is 1.58. The van der Waals surface area contributed by atoms with Crippen LogP contribution < -0.4 is 5.32 Å². The Bertz CT molecular complexity index is 456. The number of nitrogens with zero attached hydrogens (tertiary/aromatic N) is 1. The molecule has 1 heterocycles. The molecule has 2 atom stereocenters. The van der Waals surface area contributed by atoms with Crippen LogP contribution in [0.4, 0.5) is 0 Å². The molecule has 114 valence electrons. The second kappa shape index (κ2) is 5.39. The van der Waals surface area contributed by atoms with Crippen LogP contribution in [0.5, 0.6) is 0 Å². The number of pyridine rings is 1. The third-order valence-corrected chi connectivity index (χ3v) is 6.82. The van der Waals surface area contributed by atoms with E-state index in [-0.39, 0.29) is 0 Å². The molecule has 21 heavy (non-hydrogen) atoms. The van der Waals surface area contributed by atoms with E-state index in [1.807, 2.05) is 12.4 Å². The van der Waals surface area contributed by atoms with Crippen molar-refractivity contribution in [3.63, 3.8) is 0 Å². The lowest BCUT2D eigenvalue weighted by Crippen LogP contribution is -2.53. The summed E-state index contributed by atoms with van der Waals surface area (Å²) in [4.78, 5) is 4.18. The molecule has 4 aliphatic rings. The first kappa shape index (κ1) is 13.8. The van der Waals surface area contributed by atoms with Crippen molar-refractivity contribution in [3.8, 4) is 0 Å². The molecule has 0 aliphatic heterocycles. The molecule has 2 nitrogen and oxygen atoms in total. The molecule has 4 saturated carbocycles. The fraction of sp³-hybridized carbons (Fsp3) is 0.737. The van der Waals surface area contributed by atoms with Gasteiger partial charge >= 0.3 is 0 Å². The maximum atomic E-state index is 4.18. The lowest BCUT2D eigenvalue weighted by molar-refractivity contribution is -0.0539. The molecule has 1 N–H and O–H groups in total. The van der Waals surface area contributed by atoms with Gasteiger partial charge in [-0.2, -0.15) is 0 Å². The highest BCUT2D eigenvalue weighted by Crippen LogP contribution is 2.58. The molecule has 2 heteroatoms. The summed E-state index contributed by atoms with van der Waals surface area (Å²) < 4.78 is 0. The largest absolute Gasteiger partial charge is 0.316 e. The van der Waals surface area contributed by atoms with E-state index in [0.717, 1.165) is 29.6 Å². The van der Waals surface area contributed by atoms with Gasteiger partial charge in [-0.25, -0.2) is 0 Å². The van der Waals surface area contributed by atoms with Gasteiger partial charge in [0.15, 0.2) is 0 Å². The van der Waals surface area contributed by atoms with Crippen molar-refractivity contribution >= 4 is 0 Å². The van der Waals surface area contributed by atoms with Crippen LogP contribution >= 0.6 is 0 Å². The van der Waals surface area contributed by atoms with Crippen LogP contribution in [0.2, 0.25) is 0 Å². The summed E-state index contributed by atoms with van der Waals surface area (Å²) in [6, 6.07) is 5.03. The van der Waals surface area contributed by atoms with Crippen molar-refractivity contribution in [1.82, 2.24) is 10.3 Å². The average molecular weight is 284 g/mol. The molecule has 0 aromatic carbocycles. The quantitative estimate of drug-likeness (QED) is 0.908. The van der Waals surface area contributed by atoms with Crippen LogP contribution in [0.1, 0.15) is 50.5 Å². The van der Waals surface area contributed by atoms with E-state index >= 15 is 0 Å². The van der Waals surface area contributed by atoms with Gasteiger partial charge in [0.05, 0.1) is 0 Å². The first-order valence-electron chi connectivity index (χ1n) is 8.83. The van der Waals surface area contributed by atoms with Crippen LogP contribution in [-0.2, 0) is 0 Å². The van der Waals surface area contributed by atoms with Gasteiger partial charge in [-0.05, 0) is 92.4 Å². The standard InChI is InChI=1S/C19H28N2/c1-12(15-3-5-21-6-4-15)19(20-2)18-16-8-13-7-14(10-16)11-17(18)9-13/h3-6,12-14,16-20H,7-11H2,1-2H3. The Morgan fingerprint density at radius 3 is 2.10 bits per heavy atom. The number of hydrogen-bond acceptors (Lipinski definition) is 2. The highest BCUT2D eigenvalue weighted by atomic mass is 14.9. The van der Waals surface area contributed by atoms with Gasteiger partial charge in [-0.1, -0.05) is 6.92 Å². The summed E-state index contributed by atoms with van der Waals surface area (Å²) in [6.45, 7) is 2.40. The van der Waals surface area contributed by atoms with Crippen LogP contribution in [0.15, 0.2) is 24.5 Å². The van der Waals surface area contributed by atoms with Gasteiger partial charge < -0.3 is 5.32 Å².